The van der Waals surface area contributed by atoms with Gasteiger partial charge in [-0.2, -0.15) is 0 Å². The molecule has 1 heterocycles. The summed E-state index contributed by atoms with van der Waals surface area (Å²) in [7, 11) is 0. The molecule has 1 aromatic rings. The SMILES string of the molecule is Cc1ccc(Br)c(NC2CCCOC2)c1. The van der Waals surface area contributed by atoms with Crippen molar-refractivity contribution in [2.75, 3.05) is 18.5 Å². The van der Waals surface area contributed by atoms with Crippen LogP contribution in [0.2, 0.25) is 0 Å². The highest BCUT2D eigenvalue weighted by atomic mass is 79.9. The third-order valence-electron chi connectivity index (χ3n) is 2.64. The number of hydrogen-bond donors (Lipinski definition) is 1. The molecule has 3 heteroatoms. The van der Waals surface area contributed by atoms with Crippen LogP contribution in [0.5, 0.6) is 0 Å². The van der Waals surface area contributed by atoms with Gasteiger partial charge < -0.3 is 10.1 Å². The molecule has 0 aliphatic carbocycles. The summed E-state index contributed by atoms with van der Waals surface area (Å²) in [6, 6.07) is 6.81. The van der Waals surface area contributed by atoms with Crippen molar-refractivity contribution in [2.24, 2.45) is 0 Å². The van der Waals surface area contributed by atoms with Crippen LogP contribution in [0.1, 0.15) is 18.4 Å². The van der Waals surface area contributed by atoms with Gasteiger partial charge >= 0.3 is 0 Å². The summed E-state index contributed by atoms with van der Waals surface area (Å²) in [6.45, 7) is 3.84. The molecule has 0 amide bonds. The van der Waals surface area contributed by atoms with Crippen molar-refractivity contribution in [3.8, 4) is 0 Å². The first kappa shape index (κ1) is 11.0. The maximum Gasteiger partial charge on any atom is 0.0667 e. The molecule has 1 aliphatic rings. The van der Waals surface area contributed by atoms with Gasteiger partial charge in [0.2, 0.25) is 0 Å². The fourth-order valence-corrected chi connectivity index (χ4v) is 2.19. The largest absolute Gasteiger partial charge is 0.379 e. The highest BCUT2D eigenvalue weighted by Crippen LogP contribution is 2.25. The normalized spacial score (nSPS) is 21.3. The third-order valence-corrected chi connectivity index (χ3v) is 3.33. The quantitative estimate of drug-likeness (QED) is 0.889. The van der Waals surface area contributed by atoms with E-state index in [2.05, 4.69) is 46.4 Å². The fraction of sp³-hybridized carbons (Fsp3) is 0.500. The molecule has 0 radical (unpaired) electrons. The molecular weight excluding hydrogens is 254 g/mol. The predicted octanol–water partition coefficient (Wildman–Crippen LogP) is 3.35. The summed E-state index contributed by atoms with van der Waals surface area (Å²) in [5, 5.41) is 3.52. The molecule has 0 aromatic heterocycles. The van der Waals surface area contributed by atoms with Gasteiger partial charge in [-0.25, -0.2) is 0 Å². The van der Waals surface area contributed by atoms with E-state index in [9.17, 15) is 0 Å². The number of benzene rings is 1. The zero-order chi connectivity index (χ0) is 10.7. The van der Waals surface area contributed by atoms with E-state index in [1.807, 2.05) is 0 Å². The van der Waals surface area contributed by atoms with Crippen LogP contribution in [0, 0.1) is 6.92 Å². The average molecular weight is 270 g/mol. The van der Waals surface area contributed by atoms with Crippen molar-refractivity contribution in [2.45, 2.75) is 25.8 Å². The van der Waals surface area contributed by atoms with Gasteiger partial charge in [0.25, 0.3) is 0 Å². The van der Waals surface area contributed by atoms with Gasteiger partial charge in [-0.3, -0.25) is 0 Å². The molecular formula is C12H16BrNO. The molecule has 0 spiro atoms. The molecule has 1 saturated heterocycles. The molecule has 82 valence electrons. The lowest BCUT2D eigenvalue weighted by molar-refractivity contribution is 0.0876. The molecule has 1 N–H and O–H groups in total. The van der Waals surface area contributed by atoms with E-state index >= 15 is 0 Å². The van der Waals surface area contributed by atoms with Crippen molar-refractivity contribution in [1.82, 2.24) is 0 Å². The minimum absolute atomic E-state index is 0.455. The van der Waals surface area contributed by atoms with Gasteiger partial charge in [0.1, 0.15) is 0 Å². The van der Waals surface area contributed by atoms with E-state index in [1.54, 1.807) is 0 Å². The summed E-state index contributed by atoms with van der Waals surface area (Å²) < 4.78 is 6.57. The van der Waals surface area contributed by atoms with Gasteiger partial charge in [-0.15, -0.1) is 0 Å². The second kappa shape index (κ2) is 4.99. The molecule has 15 heavy (non-hydrogen) atoms. The molecule has 2 nitrogen and oxygen atoms in total. The number of rotatable bonds is 2. The Labute approximate surface area is 99.1 Å². The van der Waals surface area contributed by atoms with Crippen molar-refractivity contribution in [3.05, 3.63) is 28.2 Å². The van der Waals surface area contributed by atoms with E-state index in [1.165, 1.54) is 17.7 Å². The van der Waals surface area contributed by atoms with Gasteiger partial charge in [-0.1, -0.05) is 6.07 Å². The van der Waals surface area contributed by atoms with Gasteiger partial charge in [0, 0.05) is 22.8 Å². The molecule has 0 bridgehead atoms. The molecule has 2 rings (SSSR count). The second-order valence-electron chi connectivity index (χ2n) is 4.04. The lowest BCUT2D eigenvalue weighted by atomic mass is 10.1. The maximum absolute atomic E-state index is 5.45. The maximum atomic E-state index is 5.45. The number of halogens is 1. The highest BCUT2D eigenvalue weighted by Gasteiger charge is 2.14. The topological polar surface area (TPSA) is 21.3 Å². The zero-order valence-corrected chi connectivity index (χ0v) is 10.5. The minimum atomic E-state index is 0.455. The minimum Gasteiger partial charge on any atom is -0.379 e. The number of hydrogen-bond acceptors (Lipinski definition) is 2. The van der Waals surface area contributed by atoms with Gasteiger partial charge in [0.15, 0.2) is 0 Å². The summed E-state index contributed by atoms with van der Waals surface area (Å²) in [4.78, 5) is 0. The highest BCUT2D eigenvalue weighted by molar-refractivity contribution is 9.10. The monoisotopic (exact) mass is 269 g/mol. The van der Waals surface area contributed by atoms with Gasteiger partial charge in [-0.05, 0) is 53.4 Å². The average Bonchev–Trinajstić information content (AvgIpc) is 2.25. The Hall–Kier alpha value is -0.540. The van der Waals surface area contributed by atoms with Crippen molar-refractivity contribution in [3.63, 3.8) is 0 Å². The molecule has 1 fully saturated rings. The Balaban J connectivity index is 2.05. The molecule has 1 unspecified atom stereocenters. The van der Waals surface area contributed by atoms with Crippen LogP contribution in [0.3, 0.4) is 0 Å². The third kappa shape index (κ3) is 2.95. The summed E-state index contributed by atoms with van der Waals surface area (Å²) in [5.41, 5.74) is 2.45. The van der Waals surface area contributed by atoms with Crippen molar-refractivity contribution < 1.29 is 4.74 Å². The standard InChI is InChI=1S/C12H16BrNO/c1-9-4-5-11(13)12(7-9)14-10-3-2-6-15-8-10/h4-5,7,10,14H,2-3,6,8H2,1H3. The van der Waals surface area contributed by atoms with Crippen LogP contribution < -0.4 is 5.32 Å². The number of aryl methyl sites for hydroxylation is 1. The van der Waals surface area contributed by atoms with Crippen LogP contribution in [0.25, 0.3) is 0 Å². The summed E-state index contributed by atoms with van der Waals surface area (Å²) in [6.07, 6.45) is 2.35. The summed E-state index contributed by atoms with van der Waals surface area (Å²) in [5.74, 6) is 0. The van der Waals surface area contributed by atoms with E-state index in [0.717, 1.165) is 24.1 Å². The zero-order valence-electron chi connectivity index (χ0n) is 8.92. The fourth-order valence-electron chi connectivity index (χ4n) is 1.82. The lowest BCUT2D eigenvalue weighted by Gasteiger charge is -2.24. The number of ether oxygens (including phenoxy) is 1. The molecule has 1 aromatic carbocycles. The lowest BCUT2D eigenvalue weighted by Crippen LogP contribution is -2.30. The number of anilines is 1. The van der Waals surface area contributed by atoms with Crippen LogP contribution >= 0.6 is 15.9 Å². The Bertz CT molecular complexity index is 334. The van der Waals surface area contributed by atoms with Gasteiger partial charge in [0.05, 0.1) is 6.61 Å². The molecule has 1 atom stereocenters. The summed E-state index contributed by atoms with van der Waals surface area (Å²) >= 11 is 3.55. The molecule has 1 aliphatic heterocycles. The van der Waals surface area contributed by atoms with Crippen LogP contribution in [-0.4, -0.2) is 19.3 Å². The van der Waals surface area contributed by atoms with Crippen LogP contribution in [0.4, 0.5) is 5.69 Å². The van der Waals surface area contributed by atoms with E-state index in [4.69, 9.17) is 4.74 Å². The predicted molar refractivity (Wildman–Crippen MR) is 66.3 cm³/mol. The van der Waals surface area contributed by atoms with Crippen molar-refractivity contribution >= 4 is 21.6 Å². The van der Waals surface area contributed by atoms with Crippen LogP contribution in [0.15, 0.2) is 22.7 Å². The Morgan fingerprint density at radius 2 is 2.33 bits per heavy atom. The first-order valence-electron chi connectivity index (χ1n) is 5.36. The van der Waals surface area contributed by atoms with Crippen molar-refractivity contribution in [1.29, 1.82) is 0 Å². The van der Waals surface area contributed by atoms with E-state index in [0.29, 0.717) is 6.04 Å². The second-order valence-corrected chi connectivity index (χ2v) is 4.90. The Morgan fingerprint density at radius 3 is 3.07 bits per heavy atom. The number of nitrogens with one attached hydrogen (secondary N) is 1. The molecule has 0 saturated carbocycles. The Kier molecular flexibility index (Phi) is 3.65. The Morgan fingerprint density at radius 1 is 1.47 bits per heavy atom. The smallest absolute Gasteiger partial charge is 0.0667 e. The van der Waals surface area contributed by atoms with E-state index < -0.39 is 0 Å². The van der Waals surface area contributed by atoms with E-state index in [-0.39, 0.29) is 0 Å². The van der Waals surface area contributed by atoms with Crippen LogP contribution in [-0.2, 0) is 4.74 Å². The first-order valence-corrected chi connectivity index (χ1v) is 6.15. The first-order chi connectivity index (χ1) is 7.25.